The number of anilines is 1. The largest absolute Gasteiger partial charge is 0.459 e. The lowest BCUT2D eigenvalue weighted by atomic mass is 10.2. The third-order valence-electron chi connectivity index (χ3n) is 3.74. The lowest BCUT2D eigenvalue weighted by molar-refractivity contribution is -0.384. The molecule has 25 heavy (non-hydrogen) atoms. The quantitative estimate of drug-likeness (QED) is 0.530. The van der Waals surface area contributed by atoms with E-state index in [1.54, 1.807) is 6.92 Å². The fourth-order valence-corrected chi connectivity index (χ4v) is 3.02. The average Bonchev–Trinajstić information content (AvgIpc) is 2.98. The highest BCUT2D eigenvalue weighted by Crippen LogP contribution is 2.32. The van der Waals surface area contributed by atoms with Crippen LogP contribution in [0.4, 0.5) is 11.4 Å². The van der Waals surface area contributed by atoms with E-state index < -0.39 is 14.9 Å². The van der Waals surface area contributed by atoms with Crippen molar-refractivity contribution < 1.29 is 17.8 Å². The molecule has 1 heterocycles. The van der Waals surface area contributed by atoms with Crippen molar-refractivity contribution in [1.82, 2.24) is 0 Å². The van der Waals surface area contributed by atoms with Crippen molar-refractivity contribution in [1.29, 1.82) is 0 Å². The number of rotatable bonds is 5. The monoisotopic (exact) mass is 361 g/mol. The van der Waals surface area contributed by atoms with E-state index in [2.05, 4.69) is 5.32 Å². The van der Waals surface area contributed by atoms with Gasteiger partial charge in [0.25, 0.3) is 5.69 Å². The van der Waals surface area contributed by atoms with Crippen LogP contribution in [0.1, 0.15) is 18.7 Å². The lowest BCUT2D eigenvalue weighted by Gasteiger charge is -2.13. The summed E-state index contributed by atoms with van der Waals surface area (Å²) >= 11 is 0. The number of nitro groups is 1. The molecule has 9 heteroatoms. The van der Waals surface area contributed by atoms with Crippen molar-refractivity contribution in [2.75, 3.05) is 5.32 Å². The molecule has 1 atom stereocenters. The summed E-state index contributed by atoms with van der Waals surface area (Å²) in [5.41, 5.74) is 0.505. The first-order valence-electron chi connectivity index (χ1n) is 7.32. The van der Waals surface area contributed by atoms with Gasteiger partial charge in [-0.05, 0) is 31.2 Å². The highest BCUT2D eigenvalue weighted by Gasteiger charge is 2.21. The van der Waals surface area contributed by atoms with Crippen LogP contribution in [-0.2, 0) is 10.0 Å². The third-order valence-corrected chi connectivity index (χ3v) is 4.65. The zero-order chi connectivity index (χ0) is 18.2. The van der Waals surface area contributed by atoms with E-state index in [4.69, 9.17) is 9.56 Å². The zero-order valence-corrected chi connectivity index (χ0v) is 14.0. The number of nitrogens with zero attached hydrogens (tertiary/aromatic N) is 1. The summed E-state index contributed by atoms with van der Waals surface area (Å²) in [6.07, 6.45) is 0. The standard InChI is InChI=1S/C16H15N3O5S/c1-10(16-8-11-4-2-3-5-15(11)24-16)18-13-7-6-12(25(17,22)23)9-14(13)19(20)21/h2-10,18H,1H3,(H2,17,22,23)/t10-/m1/s1. The van der Waals surface area contributed by atoms with Gasteiger partial charge >= 0.3 is 0 Å². The van der Waals surface area contributed by atoms with Gasteiger partial charge in [-0.1, -0.05) is 18.2 Å². The Labute approximate surface area is 143 Å². The molecule has 0 amide bonds. The van der Waals surface area contributed by atoms with Gasteiger partial charge in [0.15, 0.2) is 0 Å². The maximum absolute atomic E-state index is 11.4. The van der Waals surface area contributed by atoms with Gasteiger partial charge in [-0.3, -0.25) is 10.1 Å². The van der Waals surface area contributed by atoms with E-state index in [-0.39, 0.29) is 22.3 Å². The molecule has 0 aliphatic heterocycles. The van der Waals surface area contributed by atoms with Crippen molar-refractivity contribution in [2.24, 2.45) is 5.14 Å². The number of fused-ring (bicyclic) bond motifs is 1. The van der Waals surface area contributed by atoms with Crippen LogP contribution in [0, 0.1) is 10.1 Å². The minimum absolute atomic E-state index is 0.172. The van der Waals surface area contributed by atoms with Crippen molar-refractivity contribution in [2.45, 2.75) is 17.9 Å². The Hall–Kier alpha value is -2.91. The summed E-state index contributed by atoms with van der Waals surface area (Å²) < 4.78 is 28.5. The van der Waals surface area contributed by atoms with Gasteiger partial charge in [0.2, 0.25) is 10.0 Å². The number of sulfonamides is 1. The summed E-state index contributed by atoms with van der Waals surface area (Å²) in [5, 5.41) is 20.2. The van der Waals surface area contributed by atoms with Gasteiger partial charge in [0.1, 0.15) is 17.0 Å². The minimum atomic E-state index is -4.02. The van der Waals surface area contributed by atoms with Gasteiger partial charge in [0.05, 0.1) is 15.9 Å². The number of furan rings is 1. The molecular formula is C16H15N3O5S. The molecule has 0 bridgehead atoms. The van der Waals surface area contributed by atoms with E-state index >= 15 is 0 Å². The summed E-state index contributed by atoms with van der Waals surface area (Å²) in [6.45, 7) is 1.79. The van der Waals surface area contributed by atoms with Crippen LogP contribution < -0.4 is 10.5 Å². The summed E-state index contributed by atoms with van der Waals surface area (Å²) in [6, 6.07) is 12.4. The molecule has 0 unspecified atom stereocenters. The fraction of sp³-hybridized carbons (Fsp3) is 0.125. The van der Waals surface area contributed by atoms with Crippen LogP contribution in [0.15, 0.2) is 57.8 Å². The number of nitro benzene ring substituents is 1. The van der Waals surface area contributed by atoms with Crippen molar-refractivity contribution in [3.8, 4) is 0 Å². The molecule has 0 saturated heterocycles. The Balaban J connectivity index is 1.94. The van der Waals surface area contributed by atoms with E-state index in [1.165, 1.54) is 12.1 Å². The second kappa shape index (κ2) is 6.19. The first-order valence-corrected chi connectivity index (χ1v) is 8.86. The molecule has 3 aromatic rings. The molecule has 0 aliphatic rings. The van der Waals surface area contributed by atoms with Crippen molar-refractivity contribution in [3.05, 3.63) is 64.4 Å². The second-order valence-electron chi connectivity index (χ2n) is 5.53. The molecule has 0 aliphatic carbocycles. The highest BCUT2D eigenvalue weighted by atomic mass is 32.2. The number of nitrogens with one attached hydrogen (secondary N) is 1. The highest BCUT2D eigenvalue weighted by molar-refractivity contribution is 7.89. The predicted octanol–water partition coefficient (Wildman–Crippen LogP) is 3.16. The van der Waals surface area contributed by atoms with E-state index in [1.807, 2.05) is 30.3 Å². The molecular weight excluding hydrogens is 346 g/mol. The van der Waals surface area contributed by atoms with Crippen LogP contribution in [0.3, 0.4) is 0 Å². The molecule has 3 rings (SSSR count). The fourth-order valence-electron chi connectivity index (χ4n) is 2.48. The molecule has 8 nitrogen and oxygen atoms in total. The van der Waals surface area contributed by atoms with Crippen LogP contribution >= 0.6 is 0 Å². The van der Waals surface area contributed by atoms with E-state index in [0.29, 0.717) is 11.3 Å². The number of para-hydroxylation sites is 1. The maximum Gasteiger partial charge on any atom is 0.293 e. The third kappa shape index (κ3) is 3.47. The average molecular weight is 361 g/mol. The Morgan fingerprint density at radius 3 is 2.56 bits per heavy atom. The van der Waals surface area contributed by atoms with Gasteiger partial charge in [-0.15, -0.1) is 0 Å². The van der Waals surface area contributed by atoms with Gasteiger partial charge in [0, 0.05) is 11.5 Å². The zero-order valence-electron chi connectivity index (χ0n) is 13.2. The molecule has 2 aromatic carbocycles. The number of primary sulfonamides is 1. The van der Waals surface area contributed by atoms with Gasteiger partial charge < -0.3 is 9.73 Å². The molecule has 0 radical (unpaired) electrons. The molecule has 3 N–H and O–H groups in total. The lowest BCUT2D eigenvalue weighted by Crippen LogP contribution is -2.13. The van der Waals surface area contributed by atoms with Gasteiger partial charge in [-0.2, -0.15) is 0 Å². The second-order valence-corrected chi connectivity index (χ2v) is 7.10. The van der Waals surface area contributed by atoms with E-state index in [9.17, 15) is 18.5 Å². The summed E-state index contributed by atoms with van der Waals surface area (Å²) in [7, 11) is -4.02. The maximum atomic E-state index is 11.4. The van der Waals surface area contributed by atoms with Crippen LogP contribution in [0.2, 0.25) is 0 Å². The Morgan fingerprint density at radius 2 is 1.92 bits per heavy atom. The molecule has 0 spiro atoms. The number of hydrogen-bond donors (Lipinski definition) is 2. The van der Waals surface area contributed by atoms with E-state index in [0.717, 1.165) is 11.5 Å². The predicted molar refractivity (Wildman–Crippen MR) is 92.7 cm³/mol. The SMILES string of the molecule is C[C@@H](Nc1ccc(S(N)(=O)=O)cc1[N+](=O)[O-])c1cc2ccccc2o1. The topological polar surface area (TPSA) is 128 Å². The van der Waals surface area contributed by atoms with Crippen LogP contribution in [0.5, 0.6) is 0 Å². The van der Waals surface area contributed by atoms with Gasteiger partial charge in [-0.25, -0.2) is 13.6 Å². The summed E-state index contributed by atoms with van der Waals surface area (Å²) in [5.74, 6) is 0.603. The smallest absolute Gasteiger partial charge is 0.293 e. The van der Waals surface area contributed by atoms with Crippen molar-refractivity contribution in [3.63, 3.8) is 0 Å². The number of hydrogen-bond acceptors (Lipinski definition) is 6. The Morgan fingerprint density at radius 1 is 1.20 bits per heavy atom. The first kappa shape index (κ1) is 16.9. The Bertz CT molecular complexity index is 1030. The Kier molecular flexibility index (Phi) is 4.19. The van der Waals surface area contributed by atoms with Crippen molar-refractivity contribution >= 4 is 32.4 Å². The van der Waals surface area contributed by atoms with Crippen LogP contribution in [-0.4, -0.2) is 13.3 Å². The molecule has 0 saturated carbocycles. The summed E-state index contributed by atoms with van der Waals surface area (Å²) in [4.78, 5) is 10.3. The van der Waals surface area contributed by atoms with Crippen LogP contribution in [0.25, 0.3) is 11.0 Å². The molecule has 1 aromatic heterocycles. The minimum Gasteiger partial charge on any atom is -0.459 e. The first-order chi connectivity index (χ1) is 11.8. The molecule has 130 valence electrons. The molecule has 0 fully saturated rings. The normalized spacial score (nSPS) is 12.9. The number of nitrogens with two attached hydrogens (primary N) is 1. The number of benzene rings is 2.